The third kappa shape index (κ3) is 2.78. The zero-order chi connectivity index (χ0) is 15.0. The molecular formula is C16H16ClNO2S. The normalized spacial score (nSPS) is 17.8. The second-order valence-corrected chi connectivity index (χ2v) is 7.64. The maximum absolute atomic E-state index is 12.8. The van der Waals surface area contributed by atoms with Gasteiger partial charge in [-0.05, 0) is 42.7 Å². The molecule has 0 N–H and O–H groups in total. The number of hydrogen-bond acceptors (Lipinski definition) is 2. The summed E-state index contributed by atoms with van der Waals surface area (Å²) in [5, 5.41) is 0.607. The molecule has 0 amide bonds. The largest absolute Gasteiger partial charge is 0.267 e. The fourth-order valence-electron chi connectivity index (χ4n) is 2.82. The third-order valence-electron chi connectivity index (χ3n) is 3.71. The summed E-state index contributed by atoms with van der Waals surface area (Å²) < 4.78 is 27.1. The Hall–Kier alpha value is -1.52. The topological polar surface area (TPSA) is 37.4 Å². The lowest BCUT2D eigenvalue weighted by atomic mass is 10.1. The SMILES string of the molecule is C[C@@H]1Cc2ccccc2N1S(=O)(=O)Cc1ccc(Cl)cc1. The van der Waals surface area contributed by atoms with Crippen LogP contribution in [0.25, 0.3) is 0 Å². The van der Waals surface area contributed by atoms with E-state index in [4.69, 9.17) is 11.6 Å². The molecule has 0 saturated carbocycles. The van der Waals surface area contributed by atoms with Crippen LogP contribution in [-0.2, 0) is 22.2 Å². The summed E-state index contributed by atoms with van der Waals surface area (Å²) in [5.74, 6) is -0.0111. The molecule has 5 heteroatoms. The molecule has 0 fully saturated rings. The van der Waals surface area contributed by atoms with Gasteiger partial charge in [0.25, 0.3) is 0 Å². The first kappa shape index (κ1) is 14.4. The number of hydrogen-bond donors (Lipinski definition) is 0. The van der Waals surface area contributed by atoms with E-state index in [0.29, 0.717) is 5.02 Å². The molecule has 0 bridgehead atoms. The minimum absolute atomic E-state index is 0.0111. The molecule has 2 aromatic rings. The molecule has 0 radical (unpaired) electrons. The Morgan fingerprint density at radius 3 is 2.52 bits per heavy atom. The van der Waals surface area contributed by atoms with Crippen molar-refractivity contribution in [3.63, 3.8) is 0 Å². The van der Waals surface area contributed by atoms with Crippen molar-refractivity contribution >= 4 is 27.3 Å². The monoisotopic (exact) mass is 321 g/mol. The lowest BCUT2D eigenvalue weighted by molar-refractivity contribution is 0.583. The van der Waals surface area contributed by atoms with E-state index in [1.54, 1.807) is 28.6 Å². The van der Waals surface area contributed by atoms with E-state index in [2.05, 4.69) is 0 Å². The van der Waals surface area contributed by atoms with Crippen LogP contribution in [-0.4, -0.2) is 14.5 Å². The Bertz CT molecular complexity index is 756. The molecule has 3 rings (SSSR count). The molecule has 21 heavy (non-hydrogen) atoms. The lowest BCUT2D eigenvalue weighted by Crippen LogP contribution is -2.36. The van der Waals surface area contributed by atoms with Gasteiger partial charge in [0.15, 0.2) is 0 Å². The summed E-state index contributed by atoms with van der Waals surface area (Å²) in [4.78, 5) is 0. The number of anilines is 1. The molecule has 3 nitrogen and oxygen atoms in total. The molecule has 0 unspecified atom stereocenters. The molecule has 0 spiro atoms. The van der Waals surface area contributed by atoms with Crippen molar-refractivity contribution in [2.24, 2.45) is 0 Å². The summed E-state index contributed by atoms with van der Waals surface area (Å²) in [6.45, 7) is 1.94. The van der Waals surface area contributed by atoms with Crippen LogP contribution in [0.4, 0.5) is 5.69 Å². The smallest absolute Gasteiger partial charge is 0.239 e. The van der Waals surface area contributed by atoms with E-state index in [1.807, 2.05) is 31.2 Å². The first-order valence-electron chi connectivity index (χ1n) is 6.82. The second kappa shape index (κ2) is 5.35. The molecular weight excluding hydrogens is 306 g/mol. The molecule has 1 aliphatic heterocycles. The zero-order valence-electron chi connectivity index (χ0n) is 11.7. The predicted octanol–water partition coefficient (Wildman–Crippen LogP) is 3.62. The highest BCUT2D eigenvalue weighted by Crippen LogP contribution is 2.35. The Labute approximate surface area is 130 Å². The maximum atomic E-state index is 12.8. The van der Waals surface area contributed by atoms with Gasteiger partial charge in [0.1, 0.15) is 0 Å². The van der Waals surface area contributed by atoms with Gasteiger partial charge in [-0.1, -0.05) is 41.9 Å². The number of rotatable bonds is 3. The van der Waals surface area contributed by atoms with Crippen molar-refractivity contribution in [3.8, 4) is 0 Å². The molecule has 110 valence electrons. The van der Waals surface area contributed by atoms with Crippen LogP contribution in [0.15, 0.2) is 48.5 Å². The lowest BCUT2D eigenvalue weighted by Gasteiger charge is -2.24. The Morgan fingerprint density at radius 1 is 1.14 bits per heavy atom. The highest BCUT2D eigenvalue weighted by atomic mass is 35.5. The van der Waals surface area contributed by atoms with Gasteiger partial charge in [0, 0.05) is 11.1 Å². The van der Waals surface area contributed by atoms with Crippen molar-refractivity contribution in [2.45, 2.75) is 25.1 Å². The Morgan fingerprint density at radius 2 is 1.81 bits per heavy atom. The summed E-state index contributed by atoms with van der Waals surface area (Å²) in [7, 11) is -3.40. The van der Waals surface area contributed by atoms with Gasteiger partial charge >= 0.3 is 0 Å². The van der Waals surface area contributed by atoms with Crippen LogP contribution in [0, 0.1) is 0 Å². The molecule has 1 heterocycles. The number of para-hydroxylation sites is 1. The van der Waals surface area contributed by atoms with Gasteiger partial charge in [-0.15, -0.1) is 0 Å². The van der Waals surface area contributed by atoms with Gasteiger partial charge in [-0.2, -0.15) is 0 Å². The Kier molecular flexibility index (Phi) is 3.68. The summed E-state index contributed by atoms with van der Waals surface area (Å²) in [6, 6.07) is 14.6. The van der Waals surface area contributed by atoms with E-state index >= 15 is 0 Å². The number of benzene rings is 2. The van der Waals surface area contributed by atoms with Crippen LogP contribution in [0.5, 0.6) is 0 Å². The van der Waals surface area contributed by atoms with Crippen LogP contribution in [0.3, 0.4) is 0 Å². The van der Waals surface area contributed by atoms with Crippen molar-refractivity contribution < 1.29 is 8.42 Å². The van der Waals surface area contributed by atoms with Gasteiger partial charge in [-0.3, -0.25) is 4.31 Å². The molecule has 0 saturated heterocycles. The van der Waals surface area contributed by atoms with E-state index in [0.717, 1.165) is 23.2 Å². The number of halogens is 1. The molecule has 0 aromatic heterocycles. The summed E-state index contributed by atoms with van der Waals surface area (Å²) in [5.41, 5.74) is 2.64. The zero-order valence-corrected chi connectivity index (χ0v) is 13.2. The third-order valence-corrected chi connectivity index (χ3v) is 5.81. The quantitative estimate of drug-likeness (QED) is 0.866. The van der Waals surface area contributed by atoms with Crippen LogP contribution < -0.4 is 4.31 Å². The van der Waals surface area contributed by atoms with Crippen molar-refractivity contribution in [2.75, 3.05) is 4.31 Å². The highest BCUT2D eigenvalue weighted by molar-refractivity contribution is 7.92. The number of nitrogens with zero attached hydrogens (tertiary/aromatic N) is 1. The first-order valence-corrected chi connectivity index (χ1v) is 8.80. The average Bonchev–Trinajstić information content (AvgIpc) is 2.77. The fraction of sp³-hybridized carbons (Fsp3) is 0.250. The van der Waals surface area contributed by atoms with Crippen LogP contribution in [0.1, 0.15) is 18.1 Å². The standard InChI is InChI=1S/C16H16ClNO2S/c1-12-10-14-4-2-3-5-16(14)18(12)21(19,20)11-13-6-8-15(17)9-7-13/h2-9,12H,10-11H2,1H3/t12-/m1/s1. The van der Waals surface area contributed by atoms with E-state index < -0.39 is 10.0 Å². The molecule has 0 aliphatic carbocycles. The molecule has 1 atom stereocenters. The second-order valence-electron chi connectivity index (χ2n) is 5.36. The summed E-state index contributed by atoms with van der Waals surface area (Å²) >= 11 is 5.84. The minimum atomic E-state index is -3.40. The fourth-order valence-corrected chi connectivity index (χ4v) is 4.80. The first-order chi connectivity index (χ1) is 9.97. The van der Waals surface area contributed by atoms with E-state index in [9.17, 15) is 8.42 Å². The van der Waals surface area contributed by atoms with Crippen molar-refractivity contribution in [1.29, 1.82) is 0 Å². The predicted molar refractivity (Wildman–Crippen MR) is 86.2 cm³/mol. The van der Waals surface area contributed by atoms with E-state index in [1.165, 1.54) is 0 Å². The van der Waals surface area contributed by atoms with Crippen molar-refractivity contribution in [1.82, 2.24) is 0 Å². The average molecular weight is 322 g/mol. The number of fused-ring (bicyclic) bond motifs is 1. The molecule has 2 aromatic carbocycles. The summed E-state index contributed by atoms with van der Waals surface area (Å²) in [6.07, 6.45) is 0.760. The van der Waals surface area contributed by atoms with Gasteiger partial charge < -0.3 is 0 Å². The van der Waals surface area contributed by atoms with Crippen molar-refractivity contribution in [3.05, 3.63) is 64.7 Å². The molecule has 1 aliphatic rings. The van der Waals surface area contributed by atoms with Crippen LogP contribution in [0.2, 0.25) is 5.02 Å². The maximum Gasteiger partial charge on any atom is 0.239 e. The van der Waals surface area contributed by atoms with Gasteiger partial charge in [0.05, 0.1) is 11.4 Å². The van der Waals surface area contributed by atoms with Gasteiger partial charge in [-0.25, -0.2) is 8.42 Å². The van der Waals surface area contributed by atoms with Crippen LogP contribution >= 0.6 is 11.6 Å². The Balaban J connectivity index is 1.93. The number of sulfonamides is 1. The van der Waals surface area contributed by atoms with Gasteiger partial charge in [0.2, 0.25) is 10.0 Å². The minimum Gasteiger partial charge on any atom is -0.267 e. The van der Waals surface area contributed by atoms with E-state index in [-0.39, 0.29) is 11.8 Å². The highest BCUT2D eigenvalue weighted by Gasteiger charge is 2.34.